The summed E-state index contributed by atoms with van der Waals surface area (Å²) in [6.07, 6.45) is 7.53. The van der Waals surface area contributed by atoms with E-state index in [1.807, 2.05) is 6.07 Å². The molecule has 0 saturated carbocycles. The Morgan fingerprint density at radius 2 is 2.09 bits per heavy atom. The number of nitrogens with zero attached hydrogens (tertiary/aromatic N) is 3. The van der Waals surface area contributed by atoms with E-state index in [2.05, 4.69) is 61.8 Å². The number of unbranched alkanes of at least 4 members (excludes halogenated alkanes) is 2. The highest BCUT2D eigenvalue weighted by Gasteiger charge is 2.12. The molecule has 0 unspecified atom stereocenters. The van der Waals surface area contributed by atoms with Gasteiger partial charge in [0.15, 0.2) is 0 Å². The lowest BCUT2D eigenvalue weighted by Gasteiger charge is -2.04. The van der Waals surface area contributed by atoms with Crippen molar-refractivity contribution in [1.82, 2.24) is 14.5 Å². The van der Waals surface area contributed by atoms with Gasteiger partial charge in [-0.05, 0) is 30.7 Å². The van der Waals surface area contributed by atoms with E-state index < -0.39 is 0 Å². The molecule has 22 heavy (non-hydrogen) atoms. The highest BCUT2D eigenvalue weighted by molar-refractivity contribution is 9.10. The molecule has 2 heterocycles. The number of nitrogen functional groups attached to an aromatic ring is 1. The van der Waals surface area contributed by atoms with Crippen molar-refractivity contribution in [2.24, 2.45) is 0 Å². The molecule has 114 valence electrons. The fourth-order valence-corrected chi connectivity index (χ4v) is 3.08. The van der Waals surface area contributed by atoms with E-state index in [0.717, 1.165) is 22.3 Å². The lowest BCUT2D eigenvalue weighted by molar-refractivity contribution is 0.616. The van der Waals surface area contributed by atoms with Crippen molar-refractivity contribution >= 4 is 32.8 Å². The van der Waals surface area contributed by atoms with Crippen LogP contribution in [-0.4, -0.2) is 14.5 Å². The van der Waals surface area contributed by atoms with Gasteiger partial charge < -0.3 is 10.3 Å². The van der Waals surface area contributed by atoms with Crippen LogP contribution < -0.4 is 5.73 Å². The maximum absolute atomic E-state index is 5.74. The van der Waals surface area contributed by atoms with Gasteiger partial charge in [0.1, 0.15) is 0 Å². The summed E-state index contributed by atoms with van der Waals surface area (Å²) in [5, 5.41) is 1.18. The van der Waals surface area contributed by atoms with E-state index in [4.69, 9.17) is 5.73 Å². The van der Waals surface area contributed by atoms with Gasteiger partial charge in [0.25, 0.3) is 0 Å². The Morgan fingerprint density at radius 3 is 2.86 bits per heavy atom. The van der Waals surface area contributed by atoms with Crippen LogP contribution in [0.2, 0.25) is 0 Å². The number of aryl methyl sites for hydroxylation is 1. The fourth-order valence-electron chi connectivity index (χ4n) is 2.71. The minimum Gasteiger partial charge on any atom is -0.368 e. The normalized spacial score (nSPS) is 11.2. The van der Waals surface area contributed by atoms with E-state index in [1.54, 1.807) is 6.20 Å². The van der Waals surface area contributed by atoms with Crippen LogP contribution in [0.15, 0.2) is 41.1 Å². The van der Waals surface area contributed by atoms with Crippen LogP contribution in [0.5, 0.6) is 0 Å². The molecule has 0 amide bonds. The molecule has 3 rings (SSSR count). The van der Waals surface area contributed by atoms with Gasteiger partial charge in [0.05, 0.1) is 5.69 Å². The highest BCUT2D eigenvalue weighted by Crippen LogP contribution is 2.32. The first-order chi connectivity index (χ1) is 10.7. The Bertz CT molecular complexity index is 794. The van der Waals surface area contributed by atoms with Crippen LogP contribution in [0.25, 0.3) is 22.2 Å². The number of rotatable bonds is 5. The van der Waals surface area contributed by atoms with Crippen LogP contribution >= 0.6 is 15.9 Å². The summed E-state index contributed by atoms with van der Waals surface area (Å²) in [6, 6.07) is 8.28. The van der Waals surface area contributed by atoms with Gasteiger partial charge in [-0.3, -0.25) is 0 Å². The van der Waals surface area contributed by atoms with Crippen LogP contribution in [0.4, 0.5) is 5.95 Å². The summed E-state index contributed by atoms with van der Waals surface area (Å²) in [4.78, 5) is 8.35. The maximum atomic E-state index is 5.74. The monoisotopic (exact) mass is 358 g/mol. The quantitative estimate of drug-likeness (QED) is 0.676. The zero-order chi connectivity index (χ0) is 15.5. The highest BCUT2D eigenvalue weighted by atomic mass is 79.9. The summed E-state index contributed by atoms with van der Waals surface area (Å²) in [7, 11) is 0. The molecule has 0 aliphatic heterocycles. The lowest BCUT2D eigenvalue weighted by atomic mass is 10.1. The number of fused-ring (bicyclic) bond motifs is 1. The van der Waals surface area contributed by atoms with Gasteiger partial charge >= 0.3 is 0 Å². The molecule has 5 heteroatoms. The Balaban J connectivity index is 2.10. The first-order valence-electron chi connectivity index (χ1n) is 7.56. The second kappa shape index (κ2) is 6.48. The van der Waals surface area contributed by atoms with E-state index in [-0.39, 0.29) is 0 Å². The third kappa shape index (κ3) is 2.99. The van der Waals surface area contributed by atoms with Crippen molar-refractivity contribution in [3.8, 4) is 11.3 Å². The van der Waals surface area contributed by atoms with Crippen LogP contribution in [-0.2, 0) is 6.54 Å². The van der Waals surface area contributed by atoms with Crippen molar-refractivity contribution < 1.29 is 0 Å². The Labute approximate surface area is 138 Å². The second-order valence-electron chi connectivity index (χ2n) is 5.40. The van der Waals surface area contributed by atoms with Gasteiger partial charge in [0, 0.05) is 39.9 Å². The molecule has 0 atom stereocenters. The van der Waals surface area contributed by atoms with Crippen LogP contribution in [0.1, 0.15) is 26.2 Å². The standard InChI is InChI=1S/C17H19BrN4/c1-2-3-4-9-22-11-14(15-7-8-20-17(19)21-15)13-10-12(18)5-6-16(13)22/h5-8,10-11H,2-4,9H2,1H3,(H2,19,20,21). The Kier molecular flexibility index (Phi) is 4.43. The lowest BCUT2D eigenvalue weighted by Crippen LogP contribution is -1.96. The number of hydrogen-bond donors (Lipinski definition) is 1. The van der Waals surface area contributed by atoms with Crippen molar-refractivity contribution in [3.05, 3.63) is 41.1 Å². The molecular weight excluding hydrogens is 340 g/mol. The molecule has 4 nitrogen and oxygen atoms in total. The average Bonchev–Trinajstić information content (AvgIpc) is 2.85. The SMILES string of the molecule is CCCCCn1cc(-c2ccnc(N)n2)c2cc(Br)ccc21. The summed E-state index contributed by atoms with van der Waals surface area (Å²) in [5.74, 6) is 0.305. The molecule has 0 aliphatic rings. The molecule has 0 aliphatic carbocycles. The summed E-state index contributed by atoms with van der Waals surface area (Å²) in [5.41, 5.74) is 8.93. The third-order valence-corrected chi connectivity index (χ3v) is 4.29. The predicted octanol–water partition coefficient (Wildman–Crippen LogP) is 4.63. The van der Waals surface area contributed by atoms with E-state index in [1.165, 1.54) is 30.2 Å². The smallest absolute Gasteiger partial charge is 0.220 e. The predicted molar refractivity (Wildman–Crippen MR) is 94.6 cm³/mol. The minimum atomic E-state index is 0.305. The van der Waals surface area contributed by atoms with Gasteiger partial charge in [-0.1, -0.05) is 35.7 Å². The zero-order valence-corrected chi connectivity index (χ0v) is 14.2. The molecule has 0 fully saturated rings. The molecule has 0 radical (unpaired) electrons. The van der Waals surface area contributed by atoms with E-state index >= 15 is 0 Å². The number of anilines is 1. The van der Waals surface area contributed by atoms with Crippen molar-refractivity contribution in [1.29, 1.82) is 0 Å². The fraction of sp³-hybridized carbons (Fsp3) is 0.294. The van der Waals surface area contributed by atoms with Crippen LogP contribution in [0.3, 0.4) is 0 Å². The van der Waals surface area contributed by atoms with Crippen LogP contribution in [0, 0.1) is 0 Å². The summed E-state index contributed by atoms with van der Waals surface area (Å²) in [6.45, 7) is 3.24. The van der Waals surface area contributed by atoms with Gasteiger partial charge in [-0.15, -0.1) is 0 Å². The number of aromatic nitrogens is 3. The Morgan fingerprint density at radius 1 is 1.23 bits per heavy atom. The molecule has 0 saturated heterocycles. The molecular formula is C17H19BrN4. The van der Waals surface area contributed by atoms with Gasteiger partial charge in [-0.25, -0.2) is 9.97 Å². The van der Waals surface area contributed by atoms with Gasteiger partial charge in [0.2, 0.25) is 5.95 Å². The number of hydrogen-bond acceptors (Lipinski definition) is 3. The summed E-state index contributed by atoms with van der Waals surface area (Å²) >= 11 is 3.56. The van der Waals surface area contributed by atoms with Crippen molar-refractivity contribution in [2.45, 2.75) is 32.7 Å². The molecule has 0 bridgehead atoms. The molecule has 1 aromatic carbocycles. The third-order valence-electron chi connectivity index (χ3n) is 3.80. The number of nitrogens with two attached hydrogens (primary N) is 1. The molecule has 2 aromatic heterocycles. The number of benzene rings is 1. The molecule has 3 aromatic rings. The largest absolute Gasteiger partial charge is 0.368 e. The summed E-state index contributed by atoms with van der Waals surface area (Å²) < 4.78 is 3.38. The van der Waals surface area contributed by atoms with Crippen molar-refractivity contribution in [2.75, 3.05) is 5.73 Å². The molecule has 2 N–H and O–H groups in total. The van der Waals surface area contributed by atoms with E-state index in [0.29, 0.717) is 5.95 Å². The first kappa shape index (κ1) is 15.0. The maximum Gasteiger partial charge on any atom is 0.220 e. The number of halogens is 1. The van der Waals surface area contributed by atoms with E-state index in [9.17, 15) is 0 Å². The average molecular weight is 359 g/mol. The Hall–Kier alpha value is -1.88. The zero-order valence-electron chi connectivity index (χ0n) is 12.6. The minimum absolute atomic E-state index is 0.305. The topological polar surface area (TPSA) is 56.7 Å². The first-order valence-corrected chi connectivity index (χ1v) is 8.35. The van der Waals surface area contributed by atoms with Crippen molar-refractivity contribution in [3.63, 3.8) is 0 Å². The van der Waals surface area contributed by atoms with Gasteiger partial charge in [-0.2, -0.15) is 0 Å². The molecule has 0 spiro atoms. The second-order valence-corrected chi connectivity index (χ2v) is 6.32.